The van der Waals surface area contributed by atoms with Crippen LogP contribution in [0.4, 0.5) is 0 Å². The van der Waals surface area contributed by atoms with Crippen LogP contribution in [0.25, 0.3) is 0 Å². The first-order valence-corrected chi connectivity index (χ1v) is 9.37. The van der Waals surface area contributed by atoms with Crippen LogP contribution in [0.1, 0.15) is 34.8 Å². The minimum atomic E-state index is -0.404. The van der Waals surface area contributed by atoms with Crippen LogP contribution in [0, 0.1) is 0 Å². The van der Waals surface area contributed by atoms with E-state index in [1.54, 1.807) is 22.7 Å². The number of rotatable bonds is 11. The predicted octanol–water partition coefficient (Wildman–Crippen LogP) is 2.54. The Morgan fingerprint density at radius 1 is 0.818 bits per heavy atom. The van der Waals surface area contributed by atoms with Gasteiger partial charge >= 0.3 is 0 Å². The molecule has 0 spiro atoms. The summed E-state index contributed by atoms with van der Waals surface area (Å²) in [5.74, 6) is 0. The normalized spacial score (nSPS) is 14.1. The Bertz CT molecular complexity index is 442. The molecule has 122 valence electrons. The van der Waals surface area contributed by atoms with Crippen LogP contribution in [0.3, 0.4) is 0 Å². The lowest BCUT2D eigenvalue weighted by Gasteiger charge is -2.11. The van der Waals surface area contributed by atoms with E-state index in [1.807, 2.05) is 35.0 Å². The van der Waals surface area contributed by atoms with Gasteiger partial charge < -0.3 is 20.8 Å². The van der Waals surface area contributed by atoms with Gasteiger partial charge in [0.15, 0.2) is 0 Å². The van der Waals surface area contributed by atoms with Gasteiger partial charge in [-0.1, -0.05) is 12.1 Å². The van der Waals surface area contributed by atoms with E-state index in [4.69, 9.17) is 0 Å². The monoisotopic (exact) mass is 340 g/mol. The van der Waals surface area contributed by atoms with Crippen molar-refractivity contribution in [2.75, 3.05) is 26.2 Å². The fourth-order valence-corrected chi connectivity index (χ4v) is 3.56. The Balaban J connectivity index is 1.43. The van der Waals surface area contributed by atoms with Gasteiger partial charge in [-0.15, -0.1) is 22.7 Å². The molecule has 22 heavy (non-hydrogen) atoms. The minimum Gasteiger partial charge on any atom is -0.386 e. The third-order valence-corrected chi connectivity index (χ3v) is 5.32. The Morgan fingerprint density at radius 2 is 1.27 bits per heavy atom. The summed E-state index contributed by atoms with van der Waals surface area (Å²) in [7, 11) is 0. The zero-order chi connectivity index (χ0) is 15.6. The molecule has 2 aromatic rings. The van der Waals surface area contributed by atoms with Crippen molar-refractivity contribution in [1.29, 1.82) is 0 Å². The molecule has 2 heterocycles. The van der Waals surface area contributed by atoms with E-state index in [2.05, 4.69) is 10.6 Å². The SMILES string of the molecule is O[C@H](CNCCCCNC[C@H](O)c1cccs1)c1cccs1. The summed E-state index contributed by atoms with van der Waals surface area (Å²) in [6, 6.07) is 7.83. The van der Waals surface area contributed by atoms with Gasteiger partial charge in [0.1, 0.15) is 12.2 Å². The number of unbranched alkanes of at least 4 members (excludes halogenated alkanes) is 1. The highest BCUT2D eigenvalue weighted by Gasteiger charge is 2.08. The standard InChI is InChI=1S/C16H24N2O2S2/c19-13(15-5-3-9-21-15)11-17-7-1-2-8-18-12-14(20)16-6-4-10-22-16/h3-6,9-10,13-14,17-20H,1-2,7-8,11-12H2/t13-,14+. The fraction of sp³-hybridized carbons (Fsp3) is 0.500. The van der Waals surface area contributed by atoms with Gasteiger partial charge in [0.2, 0.25) is 0 Å². The van der Waals surface area contributed by atoms with E-state index in [0.717, 1.165) is 35.7 Å². The molecule has 0 unspecified atom stereocenters. The Labute approximate surface area is 139 Å². The second-order valence-corrected chi connectivity index (χ2v) is 7.14. The van der Waals surface area contributed by atoms with Crippen molar-refractivity contribution in [3.63, 3.8) is 0 Å². The van der Waals surface area contributed by atoms with E-state index < -0.39 is 12.2 Å². The van der Waals surface area contributed by atoms with Gasteiger partial charge in [-0.25, -0.2) is 0 Å². The summed E-state index contributed by atoms with van der Waals surface area (Å²) in [4.78, 5) is 2.02. The van der Waals surface area contributed by atoms with Crippen molar-refractivity contribution >= 4 is 22.7 Å². The van der Waals surface area contributed by atoms with Crippen molar-refractivity contribution in [2.45, 2.75) is 25.0 Å². The molecular weight excluding hydrogens is 316 g/mol. The molecule has 2 rings (SSSR count). The Kier molecular flexibility index (Phi) is 8.07. The molecule has 2 atom stereocenters. The number of thiophene rings is 2. The smallest absolute Gasteiger partial charge is 0.101 e. The highest BCUT2D eigenvalue weighted by molar-refractivity contribution is 7.10. The maximum atomic E-state index is 9.91. The second-order valence-electron chi connectivity index (χ2n) is 5.18. The number of aliphatic hydroxyl groups excluding tert-OH is 2. The molecule has 4 N–H and O–H groups in total. The number of aliphatic hydroxyl groups is 2. The van der Waals surface area contributed by atoms with Gasteiger partial charge in [0, 0.05) is 22.8 Å². The van der Waals surface area contributed by atoms with Crippen LogP contribution in [0.15, 0.2) is 35.0 Å². The summed E-state index contributed by atoms with van der Waals surface area (Å²) in [6.07, 6.45) is 1.30. The van der Waals surface area contributed by atoms with E-state index in [0.29, 0.717) is 13.1 Å². The quantitative estimate of drug-likeness (QED) is 0.475. The molecule has 4 nitrogen and oxygen atoms in total. The van der Waals surface area contributed by atoms with E-state index in [9.17, 15) is 10.2 Å². The first-order valence-electron chi connectivity index (χ1n) is 7.61. The lowest BCUT2D eigenvalue weighted by atomic mass is 10.2. The fourth-order valence-electron chi connectivity index (χ4n) is 2.14. The molecule has 0 radical (unpaired) electrons. The van der Waals surface area contributed by atoms with Crippen molar-refractivity contribution in [2.24, 2.45) is 0 Å². The molecule has 6 heteroatoms. The van der Waals surface area contributed by atoms with E-state index in [-0.39, 0.29) is 0 Å². The number of hydrogen-bond acceptors (Lipinski definition) is 6. The predicted molar refractivity (Wildman–Crippen MR) is 93.5 cm³/mol. The van der Waals surface area contributed by atoms with Crippen LogP contribution in [-0.4, -0.2) is 36.4 Å². The molecule has 0 amide bonds. The first kappa shape index (κ1) is 17.6. The third-order valence-electron chi connectivity index (χ3n) is 3.38. The summed E-state index contributed by atoms with van der Waals surface area (Å²) in [6.45, 7) is 3.01. The van der Waals surface area contributed by atoms with Crippen LogP contribution < -0.4 is 10.6 Å². The molecule has 2 aromatic heterocycles. The zero-order valence-electron chi connectivity index (χ0n) is 12.6. The lowest BCUT2D eigenvalue weighted by Crippen LogP contribution is -2.25. The van der Waals surface area contributed by atoms with Gasteiger partial charge in [0.05, 0.1) is 0 Å². The molecule has 0 aliphatic rings. The van der Waals surface area contributed by atoms with E-state index >= 15 is 0 Å². The summed E-state index contributed by atoms with van der Waals surface area (Å²) in [5, 5.41) is 30.3. The molecule has 0 fully saturated rings. The highest BCUT2D eigenvalue weighted by Crippen LogP contribution is 2.18. The van der Waals surface area contributed by atoms with Gasteiger partial charge in [0.25, 0.3) is 0 Å². The summed E-state index contributed by atoms with van der Waals surface area (Å²) >= 11 is 3.17. The highest BCUT2D eigenvalue weighted by atomic mass is 32.1. The van der Waals surface area contributed by atoms with Crippen LogP contribution in [0.2, 0.25) is 0 Å². The van der Waals surface area contributed by atoms with Crippen LogP contribution in [-0.2, 0) is 0 Å². The van der Waals surface area contributed by atoms with Crippen LogP contribution >= 0.6 is 22.7 Å². The van der Waals surface area contributed by atoms with Crippen LogP contribution in [0.5, 0.6) is 0 Å². The first-order chi connectivity index (χ1) is 10.8. The van der Waals surface area contributed by atoms with Gasteiger partial charge in [-0.3, -0.25) is 0 Å². The molecule has 0 saturated carbocycles. The average Bonchev–Trinajstić information content (AvgIpc) is 3.22. The molecule has 0 aliphatic heterocycles. The van der Waals surface area contributed by atoms with E-state index in [1.165, 1.54) is 0 Å². The molecule has 0 aliphatic carbocycles. The maximum Gasteiger partial charge on any atom is 0.101 e. The number of nitrogens with one attached hydrogen (secondary N) is 2. The number of hydrogen-bond donors (Lipinski definition) is 4. The average molecular weight is 341 g/mol. The van der Waals surface area contributed by atoms with Crippen molar-refractivity contribution in [1.82, 2.24) is 10.6 Å². The summed E-state index contributed by atoms with van der Waals surface area (Å²) < 4.78 is 0. The topological polar surface area (TPSA) is 64.5 Å². The maximum absolute atomic E-state index is 9.91. The molecule has 0 aromatic carbocycles. The summed E-state index contributed by atoms with van der Waals surface area (Å²) in [5.41, 5.74) is 0. The molecule has 0 bridgehead atoms. The van der Waals surface area contributed by atoms with Gasteiger partial charge in [-0.2, -0.15) is 0 Å². The largest absolute Gasteiger partial charge is 0.386 e. The molecular formula is C16H24N2O2S2. The second kappa shape index (κ2) is 10.1. The third kappa shape index (κ3) is 6.16. The Hall–Kier alpha value is -0.760. The van der Waals surface area contributed by atoms with Crippen molar-refractivity contribution in [3.05, 3.63) is 44.8 Å². The zero-order valence-corrected chi connectivity index (χ0v) is 14.2. The molecule has 0 saturated heterocycles. The lowest BCUT2D eigenvalue weighted by molar-refractivity contribution is 0.176. The minimum absolute atomic E-state index is 0.404. The Morgan fingerprint density at radius 3 is 1.64 bits per heavy atom. The van der Waals surface area contributed by atoms with Gasteiger partial charge in [-0.05, 0) is 48.8 Å². The van der Waals surface area contributed by atoms with Crippen molar-refractivity contribution < 1.29 is 10.2 Å². The van der Waals surface area contributed by atoms with Crippen molar-refractivity contribution in [3.8, 4) is 0 Å².